The number of rotatable bonds is 1. The van der Waals surface area contributed by atoms with Crippen molar-refractivity contribution in [1.82, 2.24) is 9.78 Å². The molecule has 6 nitrogen and oxygen atoms in total. The van der Waals surface area contributed by atoms with E-state index in [2.05, 4.69) is 10.4 Å². The second-order valence-electron chi connectivity index (χ2n) is 6.10. The van der Waals surface area contributed by atoms with Gasteiger partial charge in [-0.05, 0) is 19.9 Å². The number of alkyl halides is 3. The Labute approximate surface area is 141 Å². The number of hydrogen-bond acceptors (Lipinski definition) is 3. The highest BCUT2D eigenvalue weighted by atomic mass is 19.4. The van der Waals surface area contributed by atoms with Gasteiger partial charge in [0.1, 0.15) is 11.9 Å². The zero-order valence-electron chi connectivity index (χ0n) is 13.8. The van der Waals surface area contributed by atoms with Crippen molar-refractivity contribution >= 4 is 11.7 Å². The van der Waals surface area contributed by atoms with Gasteiger partial charge in [0.25, 0.3) is 5.91 Å². The van der Waals surface area contributed by atoms with E-state index in [0.717, 1.165) is 6.07 Å². The van der Waals surface area contributed by atoms with E-state index in [-0.39, 0.29) is 11.4 Å². The standard InChI is InChI=1S/C16H17F3N4O2/c1-8-12-13(10-6-4-5-7-11(10)16(17,18)19)23(25)9(2)15(24)20-14(12)22(3)21-8/h4-7,9,13,23H,1-3H3,(H,20,24). The predicted molar refractivity (Wildman–Crippen MR) is 83.7 cm³/mol. The molecule has 0 spiro atoms. The lowest BCUT2D eigenvalue weighted by molar-refractivity contribution is -0.889. The fourth-order valence-corrected chi connectivity index (χ4v) is 3.23. The van der Waals surface area contributed by atoms with Crippen LogP contribution in [-0.4, -0.2) is 21.7 Å². The average molecular weight is 354 g/mol. The fourth-order valence-electron chi connectivity index (χ4n) is 3.23. The first-order valence-electron chi connectivity index (χ1n) is 7.67. The number of hydroxylamine groups is 2. The molecule has 2 N–H and O–H groups in total. The molecule has 0 bridgehead atoms. The highest BCUT2D eigenvalue weighted by Gasteiger charge is 2.43. The smallest absolute Gasteiger partial charge is 0.416 e. The van der Waals surface area contributed by atoms with Gasteiger partial charge in [0.15, 0.2) is 6.04 Å². The van der Waals surface area contributed by atoms with E-state index in [1.807, 2.05) is 0 Å². The van der Waals surface area contributed by atoms with Crippen molar-refractivity contribution in [2.24, 2.45) is 7.05 Å². The lowest BCUT2D eigenvalue weighted by Gasteiger charge is -2.34. The maximum absolute atomic E-state index is 13.5. The van der Waals surface area contributed by atoms with E-state index in [4.69, 9.17) is 0 Å². The van der Waals surface area contributed by atoms with Crippen molar-refractivity contribution in [3.8, 4) is 0 Å². The highest BCUT2D eigenvalue weighted by Crippen LogP contribution is 2.38. The van der Waals surface area contributed by atoms with Gasteiger partial charge < -0.3 is 15.6 Å². The lowest BCUT2D eigenvalue weighted by Crippen LogP contribution is -3.12. The SMILES string of the molecule is Cc1nn(C)c2c1C(c1ccccc1C(F)(F)F)[NH+]([O-])C(C)C(=O)N2. The topological polar surface area (TPSA) is 74.4 Å². The Hall–Kier alpha value is -2.39. The van der Waals surface area contributed by atoms with Crippen LogP contribution < -0.4 is 10.4 Å². The summed E-state index contributed by atoms with van der Waals surface area (Å²) >= 11 is 0. The normalized spacial score (nSPS) is 23.8. The summed E-state index contributed by atoms with van der Waals surface area (Å²) in [6, 6.07) is 2.67. The molecule has 0 radical (unpaired) electrons. The van der Waals surface area contributed by atoms with Crippen LogP contribution in [-0.2, 0) is 18.0 Å². The van der Waals surface area contributed by atoms with Crippen LogP contribution in [0.4, 0.5) is 19.0 Å². The van der Waals surface area contributed by atoms with Crippen molar-refractivity contribution < 1.29 is 23.0 Å². The Balaban J connectivity index is 2.30. The summed E-state index contributed by atoms with van der Waals surface area (Å²) in [6.07, 6.45) is -4.61. The maximum Gasteiger partial charge on any atom is 0.416 e. The second-order valence-corrected chi connectivity index (χ2v) is 6.10. The summed E-state index contributed by atoms with van der Waals surface area (Å²) in [5, 5.41) is 19.1. The number of carbonyl (C=O) groups excluding carboxylic acids is 1. The Morgan fingerprint density at radius 3 is 2.60 bits per heavy atom. The predicted octanol–water partition coefficient (Wildman–Crippen LogP) is 1.56. The number of halogens is 3. The molecular weight excluding hydrogens is 337 g/mol. The van der Waals surface area contributed by atoms with Gasteiger partial charge in [0.2, 0.25) is 0 Å². The number of nitrogens with zero attached hydrogens (tertiary/aromatic N) is 2. The number of fused-ring (bicyclic) bond motifs is 1. The third-order valence-corrected chi connectivity index (χ3v) is 4.48. The number of amides is 1. The highest BCUT2D eigenvalue weighted by molar-refractivity contribution is 5.94. The first-order valence-corrected chi connectivity index (χ1v) is 7.67. The summed E-state index contributed by atoms with van der Waals surface area (Å²) in [6.45, 7) is 3.01. The van der Waals surface area contributed by atoms with E-state index < -0.39 is 34.8 Å². The van der Waals surface area contributed by atoms with Crippen molar-refractivity contribution in [3.05, 3.63) is 51.9 Å². The third-order valence-electron chi connectivity index (χ3n) is 4.48. The number of anilines is 1. The molecule has 0 fully saturated rings. The minimum absolute atomic E-state index is 0.166. The molecular formula is C16H17F3N4O2. The summed E-state index contributed by atoms with van der Waals surface area (Å²) in [5.74, 6) is -0.302. The molecule has 0 saturated heterocycles. The summed E-state index contributed by atoms with van der Waals surface area (Å²) in [5.41, 5.74) is -0.339. The van der Waals surface area contributed by atoms with Gasteiger partial charge in [0, 0.05) is 12.6 Å². The Morgan fingerprint density at radius 1 is 1.32 bits per heavy atom. The van der Waals surface area contributed by atoms with Gasteiger partial charge in [-0.3, -0.25) is 9.48 Å². The van der Waals surface area contributed by atoms with Gasteiger partial charge in [-0.25, -0.2) is 0 Å². The van der Waals surface area contributed by atoms with Gasteiger partial charge in [0.05, 0.1) is 16.8 Å². The Morgan fingerprint density at radius 2 is 1.96 bits per heavy atom. The van der Waals surface area contributed by atoms with Gasteiger partial charge >= 0.3 is 6.18 Å². The number of carbonyl (C=O) groups is 1. The molecule has 0 saturated carbocycles. The number of aryl methyl sites for hydroxylation is 2. The van der Waals surface area contributed by atoms with E-state index in [1.54, 1.807) is 14.0 Å². The minimum atomic E-state index is -4.61. The molecule has 1 aromatic heterocycles. The van der Waals surface area contributed by atoms with Crippen LogP contribution in [0.1, 0.15) is 35.3 Å². The maximum atomic E-state index is 13.5. The molecule has 134 valence electrons. The molecule has 1 aromatic carbocycles. The van der Waals surface area contributed by atoms with E-state index in [9.17, 15) is 23.2 Å². The van der Waals surface area contributed by atoms with Crippen LogP contribution >= 0.6 is 0 Å². The molecule has 2 aromatic rings. The Bertz CT molecular complexity index is 831. The summed E-state index contributed by atoms with van der Waals surface area (Å²) in [7, 11) is 1.57. The number of quaternary nitrogens is 1. The molecule has 2 heterocycles. The van der Waals surface area contributed by atoms with Crippen LogP contribution in [0.15, 0.2) is 24.3 Å². The second kappa shape index (κ2) is 5.85. The van der Waals surface area contributed by atoms with Crippen molar-refractivity contribution in [2.45, 2.75) is 32.1 Å². The lowest BCUT2D eigenvalue weighted by atomic mass is 9.93. The quantitative estimate of drug-likeness (QED) is 0.764. The minimum Gasteiger partial charge on any atom is -0.633 e. The first kappa shape index (κ1) is 17.4. The van der Waals surface area contributed by atoms with E-state index in [0.29, 0.717) is 11.3 Å². The van der Waals surface area contributed by atoms with Crippen LogP contribution in [0.3, 0.4) is 0 Å². The zero-order chi connectivity index (χ0) is 18.5. The van der Waals surface area contributed by atoms with Crippen molar-refractivity contribution in [3.63, 3.8) is 0 Å². The largest absolute Gasteiger partial charge is 0.633 e. The number of aromatic nitrogens is 2. The third kappa shape index (κ3) is 2.79. The van der Waals surface area contributed by atoms with E-state index >= 15 is 0 Å². The fraction of sp³-hybridized carbons (Fsp3) is 0.375. The van der Waals surface area contributed by atoms with Crippen LogP contribution in [0, 0.1) is 12.1 Å². The molecule has 9 heteroatoms. The molecule has 3 rings (SSSR count). The molecule has 3 atom stereocenters. The first-order chi connectivity index (χ1) is 11.6. The molecule has 25 heavy (non-hydrogen) atoms. The number of benzene rings is 1. The summed E-state index contributed by atoms with van der Waals surface area (Å²) < 4.78 is 41.8. The van der Waals surface area contributed by atoms with Gasteiger partial charge in [-0.1, -0.05) is 18.2 Å². The Kier molecular flexibility index (Phi) is 4.08. The molecule has 1 aliphatic heterocycles. The zero-order valence-corrected chi connectivity index (χ0v) is 13.8. The van der Waals surface area contributed by atoms with Crippen molar-refractivity contribution in [2.75, 3.05) is 5.32 Å². The van der Waals surface area contributed by atoms with Gasteiger partial charge in [-0.2, -0.15) is 18.3 Å². The molecule has 3 unspecified atom stereocenters. The molecule has 1 amide bonds. The number of nitrogens with one attached hydrogen (secondary N) is 2. The van der Waals surface area contributed by atoms with Crippen LogP contribution in [0.2, 0.25) is 0 Å². The molecule has 1 aliphatic rings. The van der Waals surface area contributed by atoms with Gasteiger partial charge in [-0.15, -0.1) is 0 Å². The van der Waals surface area contributed by atoms with Crippen LogP contribution in [0.25, 0.3) is 0 Å². The summed E-state index contributed by atoms with van der Waals surface area (Å²) in [4.78, 5) is 12.2. The average Bonchev–Trinajstić information content (AvgIpc) is 2.75. The molecule has 0 aliphatic carbocycles. The van der Waals surface area contributed by atoms with E-state index in [1.165, 1.54) is 29.8 Å². The van der Waals surface area contributed by atoms with Crippen LogP contribution in [0.5, 0.6) is 0 Å². The number of hydrogen-bond donors (Lipinski definition) is 2. The van der Waals surface area contributed by atoms with Crippen molar-refractivity contribution in [1.29, 1.82) is 0 Å². The monoisotopic (exact) mass is 354 g/mol.